The molecule has 1 aliphatic heterocycles. The lowest BCUT2D eigenvalue weighted by Gasteiger charge is -2.14. The molecule has 0 radical (unpaired) electrons. The third kappa shape index (κ3) is 1.93. The summed E-state index contributed by atoms with van der Waals surface area (Å²) < 4.78 is 15.8. The number of imidazole rings is 1. The zero-order valence-corrected chi connectivity index (χ0v) is 10.4. The highest BCUT2D eigenvalue weighted by molar-refractivity contribution is 5.39. The van der Waals surface area contributed by atoms with E-state index in [0.29, 0.717) is 5.69 Å². The lowest BCUT2D eigenvalue weighted by atomic mass is 10.1. The van der Waals surface area contributed by atoms with Crippen LogP contribution in [-0.2, 0) is 0 Å². The second kappa shape index (κ2) is 4.53. The lowest BCUT2D eigenvalue weighted by Crippen LogP contribution is -2.16. The van der Waals surface area contributed by atoms with Crippen molar-refractivity contribution in [3.63, 3.8) is 0 Å². The van der Waals surface area contributed by atoms with Gasteiger partial charge in [-0.1, -0.05) is 6.07 Å². The number of aromatic nitrogens is 2. The van der Waals surface area contributed by atoms with Crippen LogP contribution in [0.4, 0.5) is 4.39 Å². The Morgan fingerprint density at radius 3 is 3.11 bits per heavy atom. The predicted octanol–water partition coefficient (Wildman–Crippen LogP) is 2.74. The Morgan fingerprint density at radius 2 is 2.33 bits per heavy atom. The van der Waals surface area contributed by atoms with Gasteiger partial charge in [0.05, 0.1) is 23.9 Å². The Balaban J connectivity index is 2.06. The minimum atomic E-state index is -0.210. The first-order valence-corrected chi connectivity index (χ1v) is 6.28. The molecule has 1 aromatic heterocycles. The summed E-state index contributed by atoms with van der Waals surface area (Å²) in [6.45, 7) is 2.99. The highest BCUT2D eigenvalue weighted by Crippen LogP contribution is 2.26. The van der Waals surface area contributed by atoms with Crippen molar-refractivity contribution < 1.29 is 4.39 Å². The van der Waals surface area contributed by atoms with Crippen LogP contribution in [0.3, 0.4) is 0 Å². The fourth-order valence-electron chi connectivity index (χ4n) is 2.51. The van der Waals surface area contributed by atoms with Gasteiger partial charge in [0.15, 0.2) is 0 Å². The number of benzene rings is 1. The molecule has 94 valence electrons. The molecule has 1 N–H and O–H groups in total. The molecule has 0 aliphatic carbocycles. The van der Waals surface area contributed by atoms with E-state index in [1.54, 1.807) is 12.4 Å². The second-order valence-electron chi connectivity index (χ2n) is 4.79. The molecule has 2 aromatic rings. The van der Waals surface area contributed by atoms with Crippen LogP contribution in [-0.4, -0.2) is 16.1 Å². The average molecular weight is 245 g/mol. The van der Waals surface area contributed by atoms with E-state index in [-0.39, 0.29) is 11.9 Å². The number of hydrogen-bond donors (Lipinski definition) is 1. The topological polar surface area (TPSA) is 29.9 Å². The van der Waals surface area contributed by atoms with E-state index >= 15 is 0 Å². The number of hydrogen-bond acceptors (Lipinski definition) is 2. The van der Waals surface area contributed by atoms with Crippen LogP contribution in [0.25, 0.3) is 5.69 Å². The first-order chi connectivity index (χ1) is 8.75. The zero-order chi connectivity index (χ0) is 12.5. The van der Waals surface area contributed by atoms with Gasteiger partial charge in [-0.3, -0.25) is 4.57 Å². The summed E-state index contributed by atoms with van der Waals surface area (Å²) in [5, 5.41) is 3.42. The summed E-state index contributed by atoms with van der Waals surface area (Å²) in [4.78, 5) is 4.17. The number of nitrogens with zero attached hydrogens (tertiary/aromatic N) is 2. The van der Waals surface area contributed by atoms with E-state index in [1.165, 1.54) is 6.07 Å². The number of nitrogens with one attached hydrogen (secondary N) is 1. The molecular weight excluding hydrogens is 229 g/mol. The van der Waals surface area contributed by atoms with Crippen LogP contribution in [0.2, 0.25) is 0 Å². The van der Waals surface area contributed by atoms with Crippen molar-refractivity contribution in [3.05, 3.63) is 47.8 Å². The molecule has 3 rings (SSSR count). The second-order valence-corrected chi connectivity index (χ2v) is 4.79. The van der Waals surface area contributed by atoms with Crippen LogP contribution in [0.1, 0.15) is 30.1 Å². The summed E-state index contributed by atoms with van der Waals surface area (Å²) in [5.41, 5.74) is 2.67. The minimum Gasteiger partial charge on any atom is -0.309 e. The van der Waals surface area contributed by atoms with E-state index in [1.807, 2.05) is 23.8 Å². The average Bonchev–Trinajstić information content (AvgIpc) is 3.00. The van der Waals surface area contributed by atoms with E-state index in [9.17, 15) is 4.39 Å². The largest absolute Gasteiger partial charge is 0.309 e. The SMILES string of the molecule is Cc1ccc(F)c(-n2cncc2[C@@H]2CCCN2)c1. The first-order valence-electron chi connectivity index (χ1n) is 6.28. The highest BCUT2D eigenvalue weighted by Gasteiger charge is 2.21. The van der Waals surface area contributed by atoms with Crippen molar-refractivity contribution in [1.82, 2.24) is 14.9 Å². The zero-order valence-electron chi connectivity index (χ0n) is 10.4. The van der Waals surface area contributed by atoms with Crippen molar-refractivity contribution in [2.24, 2.45) is 0 Å². The fraction of sp³-hybridized carbons (Fsp3) is 0.357. The Bertz CT molecular complexity index is 556. The van der Waals surface area contributed by atoms with Gasteiger partial charge in [-0.2, -0.15) is 0 Å². The van der Waals surface area contributed by atoms with Gasteiger partial charge in [0.1, 0.15) is 5.82 Å². The van der Waals surface area contributed by atoms with E-state index in [2.05, 4.69) is 10.3 Å². The maximum atomic E-state index is 13.9. The molecule has 18 heavy (non-hydrogen) atoms. The van der Waals surface area contributed by atoms with E-state index in [0.717, 1.165) is 30.6 Å². The molecule has 1 fully saturated rings. The summed E-state index contributed by atoms with van der Waals surface area (Å²) >= 11 is 0. The molecule has 1 saturated heterocycles. The van der Waals surface area contributed by atoms with Gasteiger partial charge < -0.3 is 5.32 Å². The molecular formula is C14H16FN3. The van der Waals surface area contributed by atoms with Crippen molar-refractivity contribution in [1.29, 1.82) is 0 Å². The number of rotatable bonds is 2. The fourth-order valence-corrected chi connectivity index (χ4v) is 2.51. The number of aryl methyl sites for hydroxylation is 1. The molecule has 3 nitrogen and oxygen atoms in total. The van der Waals surface area contributed by atoms with Crippen LogP contribution in [0.5, 0.6) is 0 Å². The van der Waals surface area contributed by atoms with Gasteiger partial charge in [-0.15, -0.1) is 0 Å². The van der Waals surface area contributed by atoms with Gasteiger partial charge >= 0.3 is 0 Å². The lowest BCUT2D eigenvalue weighted by molar-refractivity contribution is 0.590. The minimum absolute atomic E-state index is 0.210. The normalized spacial score (nSPS) is 19.3. The highest BCUT2D eigenvalue weighted by atomic mass is 19.1. The molecule has 1 aromatic carbocycles. The molecule has 0 spiro atoms. The maximum absolute atomic E-state index is 13.9. The van der Waals surface area contributed by atoms with Crippen LogP contribution < -0.4 is 5.32 Å². The third-order valence-corrected chi connectivity index (χ3v) is 3.45. The molecule has 0 saturated carbocycles. The first kappa shape index (κ1) is 11.4. The van der Waals surface area contributed by atoms with Gasteiger partial charge in [0.25, 0.3) is 0 Å². The molecule has 1 atom stereocenters. The van der Waals surface area contributed by atoms with Gasteiger partial charge in [-0.05, 0) is 44.0 Å². The monoisotopic (exact) mass is 245 g/mol. The van der Waals surface area contributed by atoms with Crippen LogP contribution in [0.15, 0.2) is 30.7 Å². The van der Waals surface area contributed by atoms with Gasteiger partial charge in [0.2, 0.25) is 0 Å². The van der Waals surface area contributed by atoms with E-state index in [4.69, 9.17) is 0 Å². The Kier molecular flexibility index (Phi) is 2.88. The summed E-state index contributed by atoms with van der Waals surface area (Å²) in [7, 11) is 0. The summed E-state index contributed by atoms with van der Waals surface area (Å²) in [5.74, 6) is -0.210. The Hall–Kier alpha value is -1.68. The van der Waals surface area contributed by atoms with Gasteiger partial charge in [-0.25, -0.2) is 9.37 Å². The number of halogens is 1. The van der Waals surface area contributed by atoms with Crippen LogP contribution >= 0.6 is 0 Å². The van der Waals surface area contributed by atoms with Crippen molar-refractivity contribution in [2.75, 3.05) is 6.54 Å². The summed E-state index contributed by atoms with van der Waals surface area (Å²) in [6.07, 6.45) is 5.75. The predicted molar refractivity (Wildman–Crippen MR) is 68.2 cm³/mol. The van der Waals surface area contributed by atoms with Gasteiger partial charge in [0, 0.05) is 6.04 Å². The molecule has 0 amide bonds. The van der Waals surface area contributed by atoms with Crippen molar-refractivity contribution in [2.45, 2.75) is 25.8 Å². The molecule has 0 unspecified atom stereocenters. The smallest absolute Gasteiger partial charge is 0.147 e. The van der Waals surface area contributed by atoms with Crippen molar-refractivity contribution >= 4 is 0 Å². The molecule has 2 heterocycles. The Labute approximate surface area is 106 Å². The standard InChI is InChI=1S/C14H16FN3/c1-10-4-5-11(15)13(7-10)18-9-16-8-14(18)12-3-2-6-17-12/h4-5,7-9,12,17H,2-3,6H2,1H3/t12-/m0/s1. The third-order valence-electron chi connectivity index (χ3n) is 3.45. The molecule has 0 bridgehead atoms. The summed E-state index contributed by atoms with van der Waals surface area (Å²) in [6, 6.07) is 5.43. The quantitative estimate of drug-likeness (QED) is 0.881. The van der Waals surface area contributed by atoms with Crippen LogP contribution in [0, 0.1) is 12.7 Å². The van der Waals surface area contributed by atoms with Crippen molar-refractivity contribution in [3.8, 4) is 5.69 Å². The van der Waals surface area contributed by atoms with E-state index < -0.39 is 0 Å². The maximum Gasteiger partial charge on any atom is 0.147 e. The Morgan fingerprint density at radius 1 is 1.44 bits per heavy atom. The molecule has 1 aliphatic rings. The molecule has 4 heteroatoms.